The minimum Gasteiger partial charge on any atom is -0.463 e. The average Bonchev–Trinajstić information content (AvgIpc) is 2.68. The molecule has 0 spiro atoms. The molecule has 0 N–H and O–H groups in total. The fraction of sp³-hybridized carbons (Fsp3) is 0.800. The van der Waals surface area contributed by atoms with E-state index in [9.17, 15) is 23.7 Å². The van der Waals surface area contributed by atoms with Crippen LogP contribution in [0, 0.1) is 0 Å². The lowest BCUT2D eigenvalue weighted by Gasteiger charge is -2.44. The quantitative estimate of drug-likeness (QED) is 0.220. The summed E-state index contributed by atoms with van der Waals surface area (Å²) in [5.74, 6) is -2.76. The minimum atomic E-state index is -3.48. The van der Waals surface area contributed by atoms with Crippen LogP contribution in [0.5, 0.6) is 0 Å². The first-order valence-corrected chi connectivity index (χ1v) is 12.3. The second-order valence-corrected chi connectivity index (χ2v) is 9.38. The fourth-order valence-electron chi connectivity index (χ4n) is 3.40. The van der Waals surface area contributed by atoms with Gasteiger partial charge >= 0.3 is 31.5 Å². The Kier molecular flexibility index (Phi) is 12.0. The summed E-state index contributed by atoms with van der Waals surface area (Å²) in [4.78, 5) is 46.7. The maximum Gasteiger partial charge on any atom is 0.330 e. The van der Waals surface area contributed by atoms with Crippen LogP contribution >= 0.6 is 7.60 Å². The molecule has 1 aliphatic rings. The normalized spacial score (nSPS) is 25.1. The molecule has 0 aromatic rings. The maximum absolute atomic E-state index is 12.9. The molecular weight excluding hydrogens is 463 g/mol. The highest BCUT2D eigenvalue weighted by molar-refractivity contribution is 7.53. The van der Waals surface area contributed by atoms with E-state index in [-0.39, 0.29) is 32.4 Å². The zero-order chi connectivity index (χ0) is 25.2. The van der Waals surface area contributed by atoms with Crippen molar-refractivity contribution in [1.82, 2.24) is 0 Å². The van der Waals surface area contributed by atoms with Gasteiger partial charge in [0.15, 0.2) is 18.3 Å². The predicted octanol–water partition coefficient (Wildman–Crippen LogP) is 1.77. The smallest absolute Gasteiger partial charge is 0.330 e. The van der Waals surface area contributed by atoms with Gasteiger partial charge in [0.25, 0.3) is 0 Å². The van der Waals surface area contributed by atoms with Gasteiger partial charge in [-0.3, -0.25) is 23.7 Å². The van der Waals surface area contributed by atoms with E-state index in [4.69, 9.17) is 32.7 Å². The topological polar surface area (TPSA) is 150 Å². The molecule has 0 bridgehead atoms. The first-order chi connectivity index (χ1) is 15.4. The zero-order valence-electron chi connectivity index (χ0n) is 19.8. The molecule has 0 aromatic carbocycles. The maximum atomic E-state index is 12.9. The molecule has 0 radical (unpaired) electrons. The van der Waals surface area contributed by atoms with Crippen molar-refractivity contribution < 1.29 is 56.5 Å². The summed E-state index contributed by atoms with van der Waals surface area (Å²) in [6.07, 6.45) is -5.83. The van der Waals surface area contributed by atoms with Crippen molar-refractivity contribution in [3.8, 4) is 0 Å². The molecule has 1 fully saturated rings. The van der Waals surface area contributed by atoms with Crippen LogP contribution in [-0.4, -0.2) is 80.4 Å². The van der Waals surface area contributed by atoms with Gasteiger partial charge in [-0.25, -0.2) is 0 Å². The predicted molar refractivity (Wildman–Crippen MR) is 112 cm³/mol. The molecule has 33 heavy (non-hydrogen) atoms. The molecule has 0 aromatic heterocycles. The monoisotopic (exact) mass is 496 g/mol. The van der Waals surface area contributed by atoms with Gasteiger partial charge < -0.3 is 32.7 Å². The Hall–Kier alpha value is -2.01. The highest BCUT2D eigenvalue weighted by Crippen LogP contribution is 2.49. The Balaban J connectivity index is 3.32. The molecule has 0 saturated carbocycles. The summed E-state index contributed by atoms with van der Waals surface area (Å²) in [5.41, 5.74) is 0. The molecule has 0 aliphatic carbocycles. The summed E-state index contributed by atoms with van der Waals surface area (Å²) in [6.45, 7) is 7.92. The number of ether oxygens (including phenoxy) is 5. The van der Waals surface area contributed by atoms with E-state index in [1.54, 1.807) is 13.8 Å². The van der Waals surface area contributed by atoms with Crippen molar-refractivity contribution in [2.75, 3.05) is 26.0 Å². The number of rotatable bonds is 12. The van der Waals surface area contributed by atoms with Crippen LogP contribution in [-0.2, 0) is 56.5 Å². The number of hydrogen-bond acceptors (Lipinski definition) is 12. The molecule has 12 nitrogen and oxygen atoms in total. The summed E-state index contributed by atoms with van der Waals surface area (Å²) in [7, 11) is -3.48. The third kappa shape index (κ3) is 9.79. The molecule has 1 aliphatic heterocycles. The third-order valence-corrected chi connectivity index (χ3v) is 6.54. The summed E-state index contributed by atoms with van der Waals surface area (Å²) < 4.78 is 50.6. The minimum absolute atomic E-state index is 0.0103. The number of carbonyl (C=O) groups excluding carboxylic acids is 4. The zero-order valence-corrected chi connectivity index (χ0v) is 20.7. The van der Waals surface area contributed by atoms with E-state index in [0.717, 1.165) is 20.8 Å². The molecular formula is C20H33O12P. The molecule has 13 heteroatoms. The second kappa shape index (κ2) is 13.6. The summed E-state index contributed by atoms with van der Waals surface area (Å²) >= 11 is 0. The van der Waals surface area contributed by atoms with Crippen molar-refractivity contribution in [2.45, 2.75) is 78.5 Å². The lowest BCUT2D eigenvalue weighted by atomic mass is 9.93. The van der Waals surface area contributed by atoms with Gasteiger partial charge in [-0.05, 0) is 20.3 Å². The van der Waals surface area contributed by atoms with Crippen LogP contribution in [0.3, 0.4) is 0 Å². The molecule has 5 atom stereocenters. The number of esters is 4. The molecule has 1 rings (SSSR count). The second-order valence-electron chi connectivity index (χ2n) is 7.20. The summed E-state index contributed by atoms with van der Waals surface area (Å²) in [6, 6.07) is 0. The van der Waals surface area contributed by atoms with Gasteiger partial charge in [0.2, 0.25) is 0 Å². The van der Waals surface area contributed by atoms with Crippen molar-refractivity contribution in [3.05, 3.63) is 0 Å². The van der Waals surface area contributed by atoms with Crippen molar-refractivity contribution in [3.63, 3.8) is 0 Å². The van der Waals surface area contributed by atoms with Crippen LogP contribution in [0.15, 0.2) is 0 Å². The molecule has 190 valence electrons. The van der Waals surface area contributed by atoms with E-state index in [0.29, 0.717) is 0 Å². The standard InChI is InChI=1S/C20H33O12P/c1-7-27-33(25,28-8-2)10-9-16-18(29-13(4)22)20(31-15(6)24)19(30-14(5)23)17(32-16)11-26-12(3)21/h16-20H,7-11H2,1-6H3/t16-,17-,18+,19+,20-/m1/s1. The van der Waals surface area contributed by atoms with E-state index in [2.05, 4.69) is 0 Å². The molecule has 0 unspecified atom stereocenters. The Morgan fingerprint density at radius 3 is 1.61 bits per heavy atom. The SMILES string of the molecule is CCOP(=O)(CC[C@H]1O[C@H](COC(C)=O)[C@H](OC(C)=O)[C@H](OC(C)=O)[C@H]1OC(C)=O)OCC. The van der Waals surface area contributed by atoms with Gasteiger partial charge in [-0.15, -0.1) is 0 Å². The van der Waals surface area contributed by atoms with E-state index in [1.807, 2.05) is 0 Å². The first-order valence-electron chi connectivity index (χ1n) is 10.6. The number of hydrogen-bond donors (Lipinski definition) is 0. The van der Waals surface area contributed by atoms with Gasteiger partial charge in [0, 0.05) is 27.7 Å². The van der Waals surface area contributed by atoms with Crippen LogP contribution in [0.25, 0.3) is 0 Å². The third-order valence-electron chi connectivity index (χ3n) is 4.43. The van der Waals surface area contributed by atoms with Gasteiger partial charge in [0.05, 0.1) is 25.5 Å². The average molecular weight is 496 g/mol. The van der Waals surface area contributed by atoms with Crippen molar-refractivity contribution in [1.29, 1.82) is 0 Å². The highest BCUT2D eigenvalue weighted by Gasteiger charge is 2.52. The van der Waals surface area contributed by atoms with E-state index >= 15 is 0 Å². The number of carbonyl (C=O) groups is 4. The fourth-order valence-corrected chi connectivity index (χ4v) is 5.09. The lowest BCUT2D eigenvalue weighted by Crippen LogP contribution is -2.62. The Bertz CT molecular complexity index is 729. The van der Waals surface area contributed by atoms with Crippen LogP contribution in [0.4, 0.5) is 0 Å². The van der Waals surface area contributed by atoms with Crippen LogP contribution in [0.1, 0.15) is 48.0 Å². The van der Waals surface area contributed by atoms with Crippen LogP contribution < -0.4 is 0 Å². The van der Waals surface area contributed by atoms with Crippen LogP contribution in [0.2, 0.25) is 0 Å². The van der Waals surface area contributed by atoms with E-state index in [1.165, 1.54) is 6.92 Å². The largest absolute Gasteiger partial charge is 0.463 e. The van der Waals surface area contributed by atoms with Gasteiger partial charge in [-0.1, -0.05) is 0 Å². The Morgan fingerprint density at radius 2 is 1.18 bits per heavy atom. The van der Waals surface area contributed by atoms with E-state index < -0.39 is 62.0 Å². The summed E-state index contributed by atoms with van der Waals surface area (Å²) in [5, 5.41) is 0. The molecule has 1 saturated heterocycles. The van der Waals surface area contributed by atoms with Crippen molar-refractivity contribution in [2.24, 2.45) is 0 Å². The van der Waals surface area contributed by atoms with Crippen molar-refractivity contribution >= 4 is 31.5 Å². The Morgan fingerprint density at radius 1 is 0.727 bits per heavy atom. The van der Waals surface area contributed by atoms with Gasteiger partial charge in [0.1, 0.15) is 12.7 Å². The highest BCUT2D eigenvalue weighted by atomic mass is 31.2. The molecule has 0 amide bonds. The first kappa shape index (κ1) is 29.0. The van der Waals surface area contributed by atoms with Gasteiger partial charge in [-0.2, -0.15) is 0 Å². The Labute approximate surface area is 193 Å². The lowest BCUT2D eigenvalue weighted by molar-refractivity contribution is -0.252. The molecule has 1 heterocycles.